The highest BCUT2D eigenvalue weighted by Gasteiger charge is 2.14. The highest BCUT2D eigenvalue weighted by Crippen LogP contribution is 2.15. The minimum absolute atomic E-state index is 0.0293. The van der Waals surface area contributed by atoms with Gasteiger partial charge in [-0.2, -0.15) is 5.26 Å². The van der Waals surface area contributed by atoms with E-state index in [2.05, 4.69) is 21.9 Å². The summed E-state index contributed by atoms with van der Waals surface area (Å²) in [4.78, 5) is 37.0. The van der Waals surface area contributed by atoms with Crippen LogP contribution in [0.25, 0.3) is 11.8 Å². The van der Waals surface area contributed by atoms with Crippen LogP contribution in [-0.4, -0.2) is 49.9 Å². The number of anilines is 2. The molecule has 0 atom stereocenters. The standard InChI is InChI=1S/C23H25N5O5S/c1-4-9-25-21(30)18(13-24)23-28(5-2)22(31)19(34-23)14-26-16-7-6-8-17(12-16)27-20(29)15-33-11-10-32-3/h1,6-8,12,14,26H,5,9-11,15H2,2-3H3,(H,25,30)(H,27,29)/b19-14+,23-18-. The largest absolute Gasteiger partial charge is 0.382 e. The minimum atomic E-state index is -0.641. The summed E-state index contributed by atoms with van der Waals surface area (Å²) in [6, 6.07) is 8.76. The highest BCUT2D eigenvalue weighted by atomic mass is 32.1. The van der Waals surface area contributed by atoms with Crippen molar-refractivity contribution >= 4 is 46.3 Å². The molecule has 0 unspecified atom stereocenters. The maximum absolute atomic E-state index is 12.8. The predicted molar refractivity (Wildman–Crippen MR) is 130 cm³/mol. The Hall–Kier alpha value is -3.90. The van der Waals surface area contributed by atoms with Crippen LogP contribution in [-0.2, 0) is 25.6 Å². The van der Waals surface area contributed by atoms with Crippen molar-refractivity contribution in [2.75, 3.05) is 44.1 Å². The van der Waals surface area contributed by atoms with E-state index in [0.29, 0.717) is 29.1 Å². The molecule has 0 radical (unpaired) electrons. The number of benzene rings is 1. The molecule has 0 fully saturated rings. The van der Waals surface area contributed by atoms with Crippen molar-refractivity contribution in [3.8, 4) is 18.4 Å². The Labute approximate surface area is 200 Å². The van der Waals surface area contributed by atoms with Crippen molar-refractivity contribution in [1.29, 1.82) is 5.26 Å². The van der Waals surface area contributed by atoms with Crippen LogP contribution < -0.4 is 30.7 Å². The number of amides is 2. The van der Waals surface area contributed by atoms with E-state index < -0.39 is 5.91 Å². The summed E-state index contributed by atoms with van der Waals surface area (Å²) in [6.45, 7) is 2.60. The Morgan fingerprint density at radius 1 is 1.29 bits per heavy atom. The molecule has 0 aliphatic rings. The average Bonchev–Trinajstić information content (AvgIpc) is 3.14. The zero-order chi connectivity index (χ0) is 24.9. The van der Waals surface area contributed by atoms with Crippen LogP contribution in [0.3, 0.4) is 0 Å². The van der Waals surface area contributed by atoms with Crippen molar-refractivity contribution in [3.05, 3.63) is 43.8 Å². The summed E-state index contributed by atoms with van der Waals surface area (Å²) >= 11 is 1.02. The first-order valence-electron chi connectivity index (χ1n) is 10.2. The van der Waals surface area contributed by atoms with Crippen molar-refractivity contribution in [2.24, 2.45) is 0 Å². The first-order chi connectivity index (χ1) is 16.4. The molecule has 178 valence electrons. The van der Waals surface area contributed by atoms with Gasteiger partial charge in [0, 0.05) is 31.2 Å². The normalized spacial score (nSPS) is 11.8. The first-order valence-corrected chi connectivity index (χ1v) is 11.1. The van der Waals surface area contributed by atoms with Gasteiger partial charge < -0.3 is 25.4 Å². The first kappa shape index (κ1) is 26.4. The number of nitriles is 1. The number of ether oxygens (including phenoxy) is 2. The monoisotopic (exact) mass is 483 g/mol. The molecular weight excluding hydrogens is 458 g/mol. The van der Waals surface area contributed by atoms with E-state index in [1.165, 1.54) is 10.8 Å². The van der Waals surface area contributed by atoms with Crippen molar-refractivity contribution in [2.45, 2.75) is 13.5 Å². The fraction of sp³-hybridized carbons (Fsp3) is 0.304. The summed E-state index contributed by atoms with van der Waals surface area (Å²) in [5, 5.41) is 17.7. The molecule has 0 spiro atoms. The highest BCUT2D eigenvalue weighted by molar-refractivity contribution is 7.07. The lowest BCUT2D eigenvalue weighted by atomic mass is 10.2. The molecule has 0 aliphatic heterocycles. The van der Waals surface area contributed by atoms with Crippen LogP contribution >= 0.6 is 11.3 Å². The molecule has 1 heterocycles. The van der Waals surface area contributed by atoms with Crippen LogP contribution in [0.15, 0.2) is 29.1 Å². The lowest BCUT2D eigenvalue weighted by Gasteiger charge is -2.08. The average molecular weight is 484 g/mol. The number of carbonyl (C=O) groups excluding carboxylic acids is 2. The molecule has 0 bridgehead atoms. The number of nitrogens with one attached hydrogen (secondary N) is 3. The van der Waals surface area contributed by atoms with Gasteiger partial charge in [-0.15, -0.1) is 17.8 Å². The number of carbonyl (C=O) groups is 2. The van der Waals surface area contributed by atoms with Crippen LogP contribution in [0.4, 0.5) is 11.4 Å². The van der Waals surface area contributed by atoms with Crippen molar-refractivity contribution in [1.82, 2.24) is 9.88 Å². The van der Waals surface area contributed by atoms with E-state index >= 15 is 0 Å². The number of terminal acetylenes is 1. The second-order valence-electron chi connectivity index (χ2n) is 6.66. The van der Waals surface area contributed by atoms with Gasteiger partial charge in [-0.05, 0) is 25.1 Å². The van der Waals surface area contributed by atoms with E-state index in [0.717, 1.165) is 11.3 Å². The zero-order valence-corrected chi connectivity index (χ0v) is 19.7. The number of aromatic nitrogens is 1. The van der Waals surface area contributed by atoms with Gasteiger partial charge in [-0.1, -0.05) is 12.0 Å². The van der Waals surface area contributed by atoms with E-state index in [4.69, 9.17) is 15.9 Å². The fourth-order valence-electron chi connectivity index (χ4n) is 2.75. The quantitative estimate of drug-likeness (QED) is 0.298. The Kier molecular flexibility index (Phi) is 10.5. The number of thiazole rings is 1. The molecular formula is C23H25N5O5S. The van der Waals surface area contributed by atoms with Gasteiger partial charge in [0.1, 0.15) is 21.9 Å². The summed E-state index contributed by atoms with van der Waals surface area (Å²) in [5.74, 6) is 1.32. The molecule has 2 amide bonds. The molecule has 10 nitrogen and oxygen atoms in total. The molecule has 34 heavy (non-hydrogen) atoms. The van der Waals surface area contributed by atoms with Crippen LogP contribution in [0.5, 0.6) is 0 Å². The summed E-state index contributed by atoms with van der Waals surface area (Å²) in [6.07, 6.45) is 6.64. The predicted octanol–water partition coefficient (Wildman–Crippen LogP) is -0.195. The number of methoxy groups -OCH3 is 1. The molecule has 0 saturated carbocycles. The van der Waals surface area contributed by atoms with E-state index in [-0.39, 0.29) is 41.4 Å². The lowest BCUT2D eigenvalue weighted by molar-refractivity contribution is -0.121. The molecule has 2 aromatic rings. The van der Waals surface area contributed by atoms with Crippen molar-refractivity contribution < 1.29 is 19.1 Å². The van der Waals surface area contributed by atoms with Crippen molar-refractivity contribution in [3.63, 3.8) is 0 Å². The van der Waals surface area contributed by atoms with Gasteiger partial charge in [-0.3, -0.25) is 19.0 Å². The van der Waals surface area contributed by atoms with Gasteiger partial charge in [0.2, 0.25) is 5.91 Å². The summed E-state index contributed by atoms with van der Waals surface area (Å²) in [7, 11) is 1.55. The second-order valence-corrected chi connectivity index (χ2v) is 7.69. The molecule has 3 N–H and O–H groups in total. The van der Waals surface area contributed by atoms with Crippen LogP contribution in [0, 0.1) is 23.7 Å². The SMILES string of the molecule is C#CCNC(=O)/C(C#N)=c1\s/c(=C/Nc2cccc(NC(=O)COCCOC)c2)c(=O)n1CC. The molecule has 2 rings (SSSR count). The number of hydrogen-bond acceptors (Lipinski definition) is 8. The summed E-state index contributed by atoms with van der Waals surface area (Å²) < 4.78 is 11.9. The van der Waals surface area contributed by atoms with Gasteiger partial charge in [0.05, 0.1) is 19.8 Å². The third-order valence-corrected chi connectivity index (χ3v) is 5.44. The second kappa shape index (κ2) is 13.6. The fourth-order valence-corrected chi connectivity index (χ4v) is 3.83. The Morgan fingerprint density at radius 3 is 2.74 bits per heavy atom. The smallest absolute Gasteiger partial charge is 0.270 e. The molecule has 1 aromatic heterocycles. The van der Waals surface area contributed by atoms with E-state index in [9.17, 15) is 19.6 Å². The van der Waals surface area contributed by atoms with Gasteiger partial charge in [-0.25, -0.2) is 0 Å². The lowest BCUT2D eigenvalue weighted by Crippen LogP contribution is -2.34. The van der Waals surface area contributed by atoms with Crippen LogP contribution in [0.1, 0.15) is 6.92 Å². The molecule has 0 saturated heterocycles. The topological polar surface area (TPSA) is 134 Å². The van der Waals surface area contributed by atoms with Gasteiger partial charge >= 0.3 is 0 Å². The molecule has 11 heteroatoms. The Morgan fingerprint density at radius 2 is 2.06 bits per heavy atom. The molecule has 0 aliphatic carbocycles. The maximum atomic E-state index is 12.8. The van der Waals surface area contributed by atoms with E-state index in [1.54, 1.807) is 38.3 Å². The van der Waals surface area contributed by atoms with Gasteiger partial charge in [0.15, 0.2) is 5.57 Å². The number of rotatable bonds is 11. The third-order valence-electron chi connectivity index (χ3n) is 4.31. The summed E-state index contributed by atoms with van der Waals surface area (Å²) in [5.41, 5.74) is 0.634. The van der Waals surface area contributed by atoms with Gasteiger partial charge in [0.25, 0.3) is 11.5 Å². The van der Waals surface area contributed by atoms with E-state index in [1.807, 2.05) is 6.07 Å². The number of hydrogen-bond donors (Lipinski definition) is 3. The van der Waals surface area contributed by atoms with Crippen LogP contribution in [0.2, 0.25) is 0 Å². The minimum Gasteiger partial charge on any atom is -0.382 e. The third kappa shape index (κ3) is 7.32. The Bertz CT molecular complexity index is 1280. The molecule has 1 aromatic carbocycles. The Balaban J connectivity index is 2.26. The zero-order valence-electron chi connectivity index (χ0n) is 18.8. The maximum Gasteiger partial charge on any atom is 0.270 e. The number of nitrogens with zero attached hydrogens (tertiary/aromatic N) is 2.